The molecule has 0 heterocycles. The minimum absolute atomic E-state index is 0.386. The Labute approximate surface area is 98.6 Å². The molecule has 17 heavy (non-hydrogen) atoms. The molecule has 0 aliphatic carbocycles. The fourth-order valence-electron chi connectivity index (χ4n) is 1.24. The van der Waals surface area contributed by atoms with Crippen LogP contribution in [0.1, 0.15) is 6.92 Å². The van der Waals surface area contributed by atoms with Crippen molar-refractivity contribution < 1.29 is 14.4 Å². The molecule has 0 radical (unpaired) electrons. The fraction of sp³-hybridized carbons (Fsp3) is 0.182. The molecule has 0 unspecified atom stereocenters. The van der Waals surface area contributed by atoms with Gasteiger partial charge in [0.1, 0.15) is 0 Å². The SMILES string of the molecule is CC(=O)N(C)N(C(=O)C(N)=O)c1ccccc1. The molecular formula is C11H13N3O3. The zero-order chi connectivity index (χ0) is 13.0. The molecule has 0 spiro atoms. The van der Waals surface area contributed by atoms with E-state index in [4.69, 9.17) is 5.73 Å². The Morgan fingerprint density at radius 1 is 1.12 bits per heavy atom. The average Bonchev–Trinajstić information content (AvgIpc) is 2.30. The summed E-state index contributed by atoms with van der Waals surface area (Å²) >= 11 is 0. The van der Waals surface area contributed by atoms with Gasteiger partial charge in [-0.3, -0.25) is 14.4 Å². The molecule has 0 fully saturated rings. The second-order valence-corrected chi connectivity index (χ2v) is 3.36. The fourth-order valence-corrected chi connectivity index (χ4v) is 1.24. The highest BCUT2D eigenvalue weighted by molar-refractivity contribution is 6.39. The van der Waals surface area contributed by atoms with Gasteiger partial charge in [0.15, 0.2) is 0 Å². The van der Waals surface area contributed by atoms with Gasteiger partial charge in [-0.05, 0) is 12.1 Å². The first-order valence-corrected chi connectivity index (χ1v) is 4.88. The third-order valence-electron chi connectivity index (χ3n) is 2.16. The number of hydrogen-bond acceptors (Lipinski definition) is 3. The maximum Gasteiger partial charge on any atom is 0.334 e. The number of nitrogens with two attached hydrogens (primary N) is 1. The Hall–Kier alpha value is -2.37. The lowest BCUT2D eigenvalue weighted by molar-refractivity contribution is -0.140. The van der Waals surface area contributed by atoms with Gasteiger partial charge < -0.3 is 5.73 Å². The van der Waals surface area contributed by atoms with E-state index in [1.807, 2.05) is 0 Å². The Bertz CT molecular complexity index is 445. The van der Waals surface area contributed by atoms with Crippen LogP contribution in [0.25, 0.3) is 0 Å². The van der Waals surface area contributed by atoms with Crippen LogP contribution in [-0.4, -0.2) is 29.8 Å². The summed E-state index contributed by atoms with van der Waals surface area (Å²) in [5, 5.41) is 1.97. The molecule has 1 aromatic carbocycles. The van der Waals surface area contributed by atoms with Gasteiger partial charge in [0.2, 0.25) is 5.91 Å². The highest BCUT2D eigenvalue weighted by atomic mass is 16.2. The smallest absolute Gasteiger partial charge is 0.334 e. The van der Waals surface area contributed by atoms with Crippen molar-refractivity contribution in [2.24, 2.45) is 5.73 Å². The molecule has 0 aliphatic rings. The summed E-state index contributed by atoms with van der Waals surface area (Å²) in [6.45, 7) is 1.28. The van der Waals surface area contributed by atoms with E-state index in [0.29, 0.717) is 5.69 Å². The minimum Gasteiger partial charge on any atom is -0.361 e. The lowest BCUT2D eigenvalue weighted by Crippen LogP contribution is -2.51. The van der Waals surface area contributed by atoms with Crippen LogP contribution in [0.3, 0.4) is 0 Å². The second kappa shape index (κ2) is 5.11. The maximum absolute atomic E-state index is 11.6. The first kappa shape index (κ1) is 12.7. The third-order valence-corrected chi connectivity index (χ3v) is 2.16. The summed E-state index contributed by atoms with van der Waals surface area (Å²) in [4.78, 5) is 33.8. The molecule has 6 heteroatoms. The Morgan fingerprint density at radius 2 is 1.65 bits per heavy atom. The van der Waals surface area contributed by atoms with Crippen LogP contribution in [-0.2, 0) is 14.4 Å². The van der Waals surface area contributed by atoms with Gasteiger partial charge in [0.05, 0.1) is 5.69 Å². The number of anilines is 1. The zero-order valence-corrected chi connectivity index (χ0v) is 9.58. The van der Waals surface area contributed by atoms with Crippen LogP contribution in [0.5, 0.6) is 0 Å². The summed E-state index contributed by atoms with van der Waals surface area (Å²) in [6.07, 6.45) is 0. The van der Waals surface area contributed by atoms with Crippen LogP contribution in [0, 0.1) is 0 Å². The molecule has 1 rings (SSSR count). The molecule has 2 N–H and O–H groups in total. The topological polar surface area (TPSA) is 83.7 Å². The quantitative estimate of drug-likeness (QED) is 0.545. The highest BCUT2D eigenvalue weighted by Gasteiger charge is 2.26. The van der Waals surface area contributed by atoms with Gasteiger partial charge in [0.25, 0.3) is 0 Å². The Morgan fingerprint density at radius 3 is 2.06 bits per heavy atom. The van der Waals surface area contributed by atoms with E-state index in [1.165, 1.54) is 14.0 Å². The summed E-state index contributed by atoms with van der Waals surface area (Å²) in [5.74, 6) is -2.47. The summed E-state index contributed by atoms with van der Waals surface area (Å²) in [5.41, 5.74) is 5.34. The van der Waals surface area contributed by atoms with Crippen LogP contribution >= 0.6 is 0 Å². The van der Waals surface area contributed by atoms with E-state index in [0.717, 1.165) is 10.0 Å². The molecule has 0 aliphatic heterocycles. The van der Waals surface area contributed by atoms with Crippen LogP contribution in [0.15, 0.2) is 30.3 Å². The van der Waals surface area contributed by atoms with Crippen molar-refractivity contribution in [3.63, 3.8) is 0 Å². The van der Waals surface area contributed by atoms with Gasteiger partial charge >= 0.3 is 11.8 Å². The number of rotatable bonds is 1. The van der Waals surface area contributed by atoms with Crippen molar-refractivity contribution in [3.05, 3.63) is 30.3 Å². The van der Waals surface area contributed by atoms with Gasteiger partial charge in [-0.1, -0.05) is 18.2 Å². The number of hydrazine groups is 1. The first-order chi connectivity index (χ1) is 7.95. The largest absolute Gasteiger partial charge is 0.361 e. The molecule has 0 atom stereocenters. The van der Waals surface area contributed by atoms with E-state index in [9.17, 15) is 14.4 Å². The first-order valence-electron chi connectivity index (χ1n) is 4.88. The summed E-state index contributed by atoms with van der Waals surface area (Å²) in [7, 11) is 1.39. The number of amides is 3. The normalized spacial score (nSPS) is 9.53. The van der Waals surface area contributed by atoms with Gasteiger partial charge in [-0.25, -0.2) is 10.0 Å². The van der Waals surface area contributed by atoms with Crippen LogP contribution < -0.4 is 10.7 Å². The summed E-state index contributed by atoms with van der Waals surface area (Å²) < 4.78 is 0. The second-order valence-electron chi connectivity index (χ2n) is 3.36. The van der Waals surface area contributed by atoms with E-state index >= 15 is 0 Å². The van der Waals surface area contributed by atoms with E-state index in [2.05, 4.69) is 0 Å². The Kier molecular flexibility index (Phi) is 3.82. The zero-order valence-electron chi connectivity index (χ0n) is 9.58. The predicted molar refractivity (Wildman–Crippen MR) is 61.6 cm³/mol. The number of benzene rings is 1. The minimum atomic E-state index is -1.12. The third kappa shape index (κ3) is 2.81. The van der Waals surface area contributed by atoms with E-state index < -0.39 is 11.8 Å². The lowest BCUT2D eigenvalue weighted by atomic mass is 10.3. The van der Waals surface area contributed by atoms with Gasteiger partial charge in [-0.15, -0.1) is 0 Å². The maximum atomic E-state index is 11.6. The molecule has 0 saturated heterocycles. The average molecular weight is 235 g/mol. The molecule has 1 aromatic rings. The molecule has 6 nitrogen and oxygen atoms in total. The van der Waals surface area contributed by atoms with Gasteiger partial charge in [-0.2, -0.15) is 0 Å². The van der Waals surface area contributed by atoms with Gasteiger partial charge in [0, 0.05) is 14.0 Å². The van der Waals surface area contributed by atoms with Crippen molar-refractivity contribution >= 4 is 23.4 Å². The van der Waals surface area contributed by atoms with Crippen molar-refractivity contribution in [1.29, 1.82) is 0 Å². The molecule has 0 aromatic heterocycles. The van der Waals surface area contributed by atoms with E-state index in [1.54, 1.807) is 30.3 Å². The highest BCUT2D eigenvalue weighted by Crippen LogP contribution is 2.15. The summed E-state index contributed by atoms with van der Waals surface area (Å²) in [6, 6.07) is 8.32. The van der Waals surface area contributed by atoms with Crippen molar-refractivity contribution in [2.75, 3.05) is 12.1 Å². The van der Waals surface area contributed by atoms with Crippen molar-refractivity contribution in [1.82, 2.24) is 5.01 Å². The van der Waals surface area contributed by atoms with E-state index in [-0.39, 0.29) is 5.91 Å². The lowest BCUT2D eigenvalue weighted by Gasteiger charge is -2.29. The standard InChI is InChI=1S/C11H13N3O3/c1-8(15)13(2)14(11(17)10(12)16)9-6-4-3-5-7-9/h3-7H,1-2H3,(H2,12,16). The number of carbonyl (C=O) groups is 3. The van der Waals surface area contributed by atoms with Crippen molar-refractivity contribution in [3.8, 4) is 0 Å². The molecule has 90 valence electrons. The number of primary amides is 1. The predicted octanol–water partition coefficient (Wildman–Crippen LogP) is -0.102. The number of para-hydroxylation sites is 1. The molecule has 0 saturated carbocycles. The van der Waals surface area contributed by atoms with Crippen LogP contribution in [0.2, 0.25) is 0 Å². The molecule has 0 bridgehead atoms. The number of nitrogens with zero attached hydrogens (tertiary/aromatic N) is 2. The Balaban J connectivity index is 3.16. The number of hydrogen-bond donors (Lipinski definition) is 1. The monoisotopic (exact) mass is 235 g/mol. The van der Waals surface area contributed by atoms with Crippen molar-refractivity contribution in [2.45, 2.75) is 6.92 Å². The van der Waals surface area contributed by atoms with Crippen LogP contribution in [0.4, 0.5) is 5.69 Å². The number of carbonyl (C=O) groups excluding carboxylic acids is 3. The molecular weight excluding hydrogens is 222 g/mol. The molecule has 3 amide bonds.